The van der Waals surface area contributed by atoms with E-state index >= 15 is 0 Å². The summed E-state index contributed by atoms with van der Waals surface area (Å²) in [5.41, 5.74) is 2.75. The number of hydrogen-bond acceptors (Lipinski definition) is 3. The van der Waals surface area contributed by atoms with Crippen LogP contribution in [0.5, 0.6) is 11.5 Å². The van der Waals surface area contributed by atoms with Gasteiger partial charge in [0.25, 0.3) is 5.91 Å². The third-order valence-electron chi connectivity index (χ3n) is 7.23. The number of ether oxygens (including phenoxy) is 1. The standard InChI is InChI=1S/C23H27NO3/c1-22(2)20-14-17-18(6-5-7-19(17)25)23(22,3)12-13-24(20)21(26)15-8-10-16(27-4)11-9-15/h5-11,20,25H,12-14H2,1-4H3/t20-,23+/m1/s1. The molecular formula is C23H27NO3. The van der Waals surface area contributed by atoms with Crippen molar-refractivity contribution in [2.45, 2.75) is 45.1 Å². The molecule has 2 aromatic rings. The molecule has 4 nitrogen and oxygen atoms in total. The van der Waals surface area contributed by atoms with Gasteiger partial charge in [-0.1, -0.05) is 32.9 Å². The van der Waals surface area contributed by atoms with Gasteiger partial charge in [-0.15, -0.1) is 0 Å². The minimum Gasteiger partial charge on any atom is -0.508 e. The van der Waals surface area contributed by atoms with Crippen LogP contribution in [0.3, 0.4) is 0 Å². The summed E-state index contributed by atoms with van der Waals surface area (Å²) in [7, 11) is 1.62. The molecule has 2 bridgehead atoms. The zero-order chi connectivity index (χ0) is 19.4. The molecule has 1 fully saturated rings. The van der Waals surface area contributed by atoms with Crippen LogP contribution in [0.15, 0.2) is 42.5 Å². The minimum atomic E-state index is -0.0891. The van der Waals surface area contributed by atoms with Crippen LogP contribution in [0.4, 0.5) is 0 Å². The van der Waals surface area contributed by atoms with Crippen LogP contribution >= 0.6 is 0 Å². The molecule has 1 amide bonds. The van der Waals surface area contributed by atoms with E-state index in [9.17, 15) is 9.90 Å². The van der Waals surface area contributed by atoms with E-state index in [0.717, 1.165) is 24.3 Å². The molecule has 142 valence electrons. The molecule has 0 unspecified atom stereocenters. The second-order valence-electron chi connectivity index (χ2n) is 8.55. The number of carbonyl (C=O) groups excluding carboxylic acids is 1. The molecule has 1 saturated heterocycles. The molecule has 0 spiro atoms. The molecule has 1 N–H and O–H groups in total. The fourth-order valence-corrected chi connectivity index (χ4v) is 5.07. The smallest absolute Gasteiger partial charge is 0.254 e. The predicted octanol–water partition coefficient (Wildman–Crippen LogP) is 4.16. The summed E-state index contributed by atoms with van der Waals surface area (Å²) in [6.07, 6.45) is 1.57. The van der Waals surface area contributed by atoms with E-state index in [0.29, 0.717) is 17.7 Å². The number of phenols is 1. The number of methoxy groups -OCH3 is 1. The van der Waals surface area contributed by atoms with E-state index in [1.54, 1.807) is 13.2 Å². The Hall–Kier alpha value is -2.49. The number of rotatable bonds is 2. The van der Waals surface area contributed by atoms with Gasteiger partial charge in [0.05, 0.1) is 7.11 Å². The Bertz CT molecular complexity index is 887. The van der Waals surface area contributed by atoms with Crippen molar-refractivity contribution in [2.24, 2.45) is 5.41 Å². The van der Waals surface area contributed by atoms with Gasteiger partial charge in [0.15, 0.2) is 0 Å². The molecular weight excluding hydrogens is 338 g/mol. The highest BCUT2D eigenvalue weighted by Crippen LogP contribution is 2.57. The third kappa shape index (κ3) is 2.46. The van der Waals surface area contributed by atoms with E-state index in [4.69, 9.17) is 4.74 Å². The van der Waals surface area contributed by atoms with Crippen molar-refractivity contribution < 1.29 is 14.6 Å². The maximum Gasteiger partial charge on any atom is 0.254 e. The zero-order valence-electron chi connectivity index (χ0n) is 16.5. The van der Waals surface area contributed by atoms with Crippen LogP contribution < -0.4 is 4.74 Å². The topological polar surface area (TPSA) is 49.8 Å². The second kappa shape index (κ2) is 6.01. The largest absolute Gasteiger partial charge is 0.508 e. The van der Waals surface area contributed by atoms with E-state index in [-0.39, 0.29) is 22.8 Å². The van der Waals surface area contributed by atoms with Crippen molar-refractivity contribution in [1.29, 1.82) is 0 Å². The first-order valence-corrected chi connectivity index (χ1v) is 9.56. The van der Waals surface area contributed by atoms with Gasteiger partial charge < -0.3 is 14.7 Å². The average Bonchev–Trinajstić information content (AvgIpc) is 2.65. The summed E-state index contributed by atoms with van der Waals surface area (Å²) in [5.74, 6) is 1.14. The molecule has 0 aromatic heterocycles. The number of carbonyl (C=O) groups is 1. The molecule has 27 heavy (non-hydrogen) atoms. The van der Waals surface area contributed by atoms with Crippen LogP contribution in [0, 0.1) is 5.41 Å². The van der Waals surface area contributed by atoms with E-state index in [1.165, 1.54) is 5.56 Å². The highest BCUT2D eigenvalue weighted by Gasteiger charge is 2.57. The number of piperidine rings is 1. The lowest BCUT2D eigenvalue weighted by Gasteiger charge is -2.60. The summed E-state index contributed by atoms with van der Waals surface area (Å²) >= 11 is 0. The van der Waals surface area contributed by atoms with Crippen LogP contribution in [-0.2, 0) is 11.8 Å². The van der Waals surface area contributed by atoms with Crippen molar-refractivity contribution in [3.8, 4) is 11.5 Å². The summed E-state index contributed by atoms with van der Waals surface area (Å²) < 4.78 is 5.21. The van der Waals surface area contributed by atoms with Crippen LogP contribution in [0.25, 0.3) is 0 Å². The van der Waals surface area contributed by atoms with Gasteiger partial charge in [0.1, 0.15) is 11.5 Å². The van der Waals surface area contributed by atoms with E-state index < -0.39 is 0 Å². The van der Waals surface area contributed by atoms with E-state index in [2.05, 4.69) is 26.8 Å². The fraction of sp³-hybridized carbons (Fsp3) is 0.435. The molecule has 0 saturated carbocycles. The first-order valence-electron chi connectivity index (χ1n) is 9.56. The van der Waals surface area contributed by atoms with Crippen molar-refractivity contribution >= 4 is 5.91 Å². The molecule has 1 aliphatic carbocycles. The number of phenolic OH excluding ortho intramolecular Hbond substituents is 1. The lowest BCUT2D eigenvalue weighted by molar-refractivity contribution is -0.0266. The number of benzene rings is 2. The highest BCUT2D eigenvalue weighted by molar-refractivity contribution is 5.94. The monoisotopic (exact) mass is 365 g/mol. The molecule has 4 heteroatoms. The van der Waals surface area contributed by atoms with Crippen molar-refractivity contribution in [3.05, 3.63) is 59.2 Å². The molecule has 0 radical (unpaired) electrons. The van der Waals surface area contributed by atoms with Crippen molar-refractivity contribution in [1.82, 2.24) is 4.90 Å². The molecule has 2 atom stereocenters. The van der Waals surface area contributed by atoms with Gasteiger partial charge in [-0.3, -0.25) is 4.79 Å². The summed E-state index contributed by atoms with van der Waals surface area (Å²) in [6.45, 7) is 7.54. The Morgan fingerprint density at radius 1 is 1.15 bits per heavy atom. The van der Waals surface area contributed by atoms with Gasteiger partial charge in [-0.2, -0.15) is 0 Å². The van der Waals surface area contributed by atoms with Gasteiger partial charge in [0, 0.05) is 23.6 Å². The number of nitrogens with zero attached hydrogens (tertiary/aromatic N) is 1. The van der Waals surface area contributed by atoms with Gasteiger partial charge in [-0.25, -0.2) is 0 Å². The summed E-state index contributed by atoms with van der Waals surface area (Å²) in [4.78, 5) is 15.3. The maximum absolute atomic E-state index is 13.3. The normalized spacial score (nSPS) is 25.6. The van der Waals surface area contributed by atoms with E-state index in [1.807, 2.05) is 35.2 Å². The maximum atomic E-state index is 13.3. The summed E-state index contributed by atoms with van der Waals surface area (Å²) in [5, 5.41) is 10.5. The molecule has 1 heterocycles. The van der Waals surface area contributed by atoms with Gasteiger partial charge in [0.2, 0.25) is 0 Å². The third-order valence-corrected chi connectivity index (χ3v) is 7.23. The number of hydrogen-bond donors (Lipinski definition) is 1. The first-order chi connectivity index (χ1) is 12.8. The summed E-state index contributed by atoms with van der Waals surface area (Å²) in [6, 6.07) is 13.2. The van der Waals surface area contributed by atoms with Crippen molar-refractivity contribution in [2.75, 3.05) is 13.7 Å². The minimum absolute atomic E-state index is 0.0478. The quantitative estimate of drug-likeness (QED) is 0.869. The number of likely N-dealkylation sites (tertiary alicyclic amines) is 1. The highest BCUT2D eigenvalue weighted by atomic mass is 16.5. The van der Waals surface area contributed by atoms with Crippen LogP contribution in [0.2, 0.25) is 0 Å². The Morgan fingerprint density at radius 3 is 2.52 bits per heavy atom. The van der Waals surface area contributed by atoms with Gasteiger partial charge in [-0.05, 0) is 59.7 Å². The first kappa shape index (κ1) is 17.9. The SMILES string of the molecule is COc1ccc(C(=O)N2CC[C@@]3(C)c4cccc(O)c4C[C@@H]2C3(C)C)cc1. The van der Waals surface area contributed by atoms with Gasteiger partial charge >= 0.3 is 0 Å². The van der Waals surface area contributed by atoms with Crippen LogP contribution in [-0.4, -0.2) is 35.6 Å². The lowest BCUT2D eigenvalue weighted by atomic mass is 9.51. The Balaban J connectivity index is 1.74. The molecule has 1 aliphatic heterocycles. The molecule has 2 aromatic carbocycles. The molecule has 2 aliphatic rings. The Morgan fingerprint density at radius 2 is 1.85 bits per heavy atom. The van der Waals surface area contributed by atoms with Crippen LogP contribution in [0.1, 0.15) is 48.7 Å². The zero-order valence-corrected chi connectivity index (χ0v) is 16.5. The predicted molar refractivity (Wildman–Crippen MR) is 105 cm³/mol. The Kier molecular flexibility index (Phi) is 3.99. The Labute approximate surface area is 160 Å². The number of amides is 1. The fourth-order valence-electron chi connectivity index (χ4n) is 5.07. The van der Waals surface area contributed by atoms with Crippen molar-refractivity contribution in [3.63, 3.8) is 0 Å². The lowest BCUT2D eigenvalue weighted by Crippen LogP contribution is -2.64. The average molecular weight is 365 g/mol. The number of fused-ring (bicyclic) bond motifs is 4. The molecule has 4 rings (SSSR count). The number of aromatic hydroxyl groups is 1. The second-order valence-corrected chi connectivity index (χ2v) is 8.55.